The van der Waals surface area contributed by atoms with Crippen LogP contribution in [0, 0.1) is 0 Å². The van der Waals surface area contributed by atoms with Gasteiger partial charge in [-0.15, -0.1) is 0 Å². The number of carboxylic acids is 1. The van der Waals surface area contributed by atoms with E-state index in [4.69, 9.17) is 5.11 Å². The molecule has 0 aromatic rings. The van der Waals surface area contributed by atoms with Crippen LogP contribution in [0.2, 0.25) is 0 Å². The van der Waals surface area contributed by atoms with E-state index in [9.17, 15) is 14.4 Å². The molecule has 1 aliphatic rings. The Balaban J connectivity index is 2.72. The number of ketones is 1. The average molecular weight is 144 g/mol. The number of Topliss-reactive ketones (excluding diaryl/α,β-unsaturated/α-hetero) is 1. The summed E-state index contributed by atoms with van der Waals surface area (Å²) in [4.78, 5) is 30.8. The predicted octanol–water partition coefficient (Wildman–Crippen LogP) is -1.04. The molecule has 10 heavy (non-hydrogen) atoms. The van der Waals surface area contributed by atoms with Gasteiger partial charge in [0.05, 0.1) is 0 Å². The van der Waals surface area contributed by atoms with Crippen molar-refractivity contribution in [1.29, 1.82) is 0 Å². The topological polar surface area (TPSA) is 80.7 Å². The van der Waals surface area contributed by atoms with Gasteiger partial charge in [-0.3, -0.25) is 9.59 Å². The number of carbonyl (C=O) groups excluding carboxylic acids is 2. The molecule has 0 spiro atoms. The summed E-state index contributed by atoms with van der Waals surface area (Å²) in [5.41, 5.74) is 0. The molecule has 1 heterocycles. The van der Waals surface area contributed by atoms with Crippen molar-refractivity contribution in [3.8, 4) is 0 Å². The van der Waals surface area contributed by atoms with Gasteiger partial charge in [-0.25, -0.2) is 4.79 Å². The summed E-state index contributed by atoms with van der Waals surface area (Å²) >= 11 is 0. The molecular weight excluding hydrogens is 140 g/mol. The van der Waals surface area contributed by atoms with E-state index in [0.717, 1.165) is 0 Å². The third-order valence-corrected chi connectivity index (χ3v) is 1.08. The van der Waals surface area contributed by atoms with Crippen molar-refractivity contribution in [2.45, 2.75) is 12.5 Å². The van der Waals surface area contributed by atoms with Gasteiger partial charge in [-0.2, -0.15) is 0 Å². The molecular formula is C5H4O5. The zero-order valence-electron chi connectivity index (χ0n) is 4.86. The van der Waals surface area contributed by atoms with E-state index >= 15 is 0 Å². The lowest BCUT2D eigenvalue weighted by atomic mass is 10.2. The molecule has 0 radical (unpaired) electrons. The van der Waals surface area contributed by atoms with Gasteiger partial charge in [0.25, 0.3) is 6.10 Å². The average Bonchev–Trinajstić information content (AvgIpc) is 2.10. The first-order chi connectivity index (χ1) is 4.61. The van der Waals surface area contributed by atoms with Crippen LogP contribution in [0.4, 0.5) is 0 Å². The second-order valence-electron chi connectivity index (χ2n) is 1.85. The molecule has 5 heteroatoms. The van der Waals surface area contributed by atoms with Gasteiger partial charge in [0, 0.05) is 0 Å². The first-order valence-corrected chi connectivity index (χ1v) is 2.56. The Morgan fingerprint density at radius 1 is 1.60 bits per heavy atom. The minimum Gasteiger partial charge on any atom is -0.478 e. The summed E-state index contributed by atoms with van der Waals surface area (Å²) < 4.78 is 4.15. The Morgan fingerprint density at radius 2 is 2.20 bits per heavy atom. The number of hydrogen-bond acceptors (Lipinski definition) is 4. The Labute approximate surface area is 55.6 Å². The van der Waals surface area contributed by atoms with Crippen molar-refractivity contribution in [2.24, 2.45) is 0 Å². The van der Waals surface area contributed by atoms with Gasteiger partial charge < -0.3 is 9.84 Å². The largest absolute Gasteiger partial charge is 0.478 e. The van der Waals surface area contributed by atoms with Crippen LogP contribution in [0.5, 0.6) is 0 Å². The number of carboxylic acid groups (broad SMARTS) is 1. The Morgan fingerprint density at radius 3 is 2.40 bits per heavy atom. The van der Waals surface area contributed by atoms with Crippen molar-refractivity contribution in [3.05, 3.63) is 0 Å². The molecule has 1 aliphatic heterocycles. The van der Waals surface area contributed by atoms with Crippen LogP contribution in [0.15, 0.2) is 0 Å². The predicted molar refractivity (Wildman–Crippen MR) is 27.1 cm³/mol. The molecule has 0 aromatic carbocycles. The molecule has 1 atom stereocenters. The van der Waals surface area contributed by atoms with Crippen LogP contribution < -0.4 is 0 Å². The van der Waals surface area contributed by atoms with E-state index < -0.39 is 30.2 Å². The number of cyclic esters (lactones) is 1. The summed E-state index contributed by atoms with van der Waals surface area (Å²) in [5.74, 6) is -2.86. The van der Waals surface area contributed by atoms with E-state index in [0.29, 0.717) is 0 Å². The first kappa shape index (κ1) is 6.73. The van der Waals surface area contributed by atoms with Crippen LogP contribution in [0.25, 0.3) is 0 Å². The maximum absolute atomic E-state index is 10.5. The van der Waals surface area contributed by atoms with Crippen LogP contribution in [-0.2, 0) is 19.1 Å². The Hall–Kier alpha value is -1.39. The summed E-state index contributed by atoms with van der Waals surface area (Å²) in [5, 5.41) is 8.20. The lowest BCUT2D eigenvalue weighted by Crippen LogP contribution is -2.26. The third-order valence-electron chi connectivity index (χ3n) is 1.08. The summed E-state index contributed by atoms with van der Waals surface area (Å²) in [6, 6.07) is 0. The molecule has 0 bridgehead atoms. The second-order valence-corrected chi connectivity index (χ2v) is 1.85. The van der Waals surface area contributed by atoms with E-state index in [2.05, 4.69) is 4.74 Å². The lowest BCUT2D eigenvalue weighted by Gasteiger charge is -1.98. The van der Waals surface area contributed by atoms with Crippen LogP contribution in [0.3, 0.4) is 0 Å². The quantitative estimate of drug-likeness (QED) is 0.375. The van der Waals surface area contributed by atoms with Crippen molar-refractivity contribution in [2.75, 3.05) is 0 Å². The number of carbonyl (C=O) groups is 3. The highest BCUT2D eigenvalue weighted by Gasteiger charge is 2.38. The molecule has 5 nitrogen and oxygen atoms in total. The van der Waals surface area contributed by atoms with Gasteiger partial charge in [0.1, 0.15) is 6.42 Å². The zero-order valence-corrected chi connectivity index (χ0v) is 4.86. The van der Waals surface area contributed by atoms with Crippen molar-refractivity contribution < 1.29 is 24.2 Å². The van der Waals surface area contributed by atoms with Gasteiger partial charge in [0.2, 0.25) is 0 Å². The maximum atomic E-state index is 10.5. The highest BCUT2D eigenvalue weighted by Crippen LogP contribution is 2.09. The number of hydrogen-bond donors (Lipinski definition) is 1. The summed E-state index contributed by atoms with van der Waals surface area (Å²) in [7, 11) is 0. The van der Waals surface area contributed by atoms with Gasteiger partial charge in [0.15, 0.2) is 5.78 Å². The lowest BCUT2D eigenvalue weighted by molar-refractivity contribution is -0.158. The van der Waals surface area contributed by atoms with E-state index in [1.165, 1.54) is 0 Å². The molecule has 0 saturated carbocycles. The minimum atomic E-state index is -1.56. The Bertz CT molecular complexity index is 206. The summed E-state index contributed by atoms with van der Waals surface area (Å²) in [6.45, 7) is 0. The normalized spacial score (nSPS) is 24.6. The highest BCUT2D eigenvalue weighted by atomic mass is 16.6. The van der Waals surface area contributed by atoms with Crippen LogP contribution in [-0.4, -0.2) is 28.9 Å². The third kappa shape index (κ3) is 0.975. The monoisotopic (exact) mass is 144 g/mol. The highest BCUT2D eigenvalue weighted by molar-refractivity contribution is 6.13. The molecule has 1 unspecified atom stereocenters. The van der Waals surface area contributed by atoms with Crippen molar-refractivity contribution >= 4 is 17.7 Å². The maximum Gasteiger partial charge on any atom is 0.352 e. The van der Waals surface area contributed by atoms with E-state index in [-0.39, 0.29) is 0 Å². The van der Waals surface area contributed by atoms with E-state index in [1.807, 2.05) is 0 Å². The molecule has 0 amide bonds. The zero-order chi connectivity index (χ0) is 7.72. The fourth-order valence-corrected chi connectivity index (χ4v) is 0.662. The SMILES string of the molecule is O=C1CC(=O)C(C(=O)O)O1. The molecule has 1 N–H and O–H groups in total. The molecule has 1 saturated heterocycles. The van der Waals surface area contributed by atoms with Crippen molar-refractivity contribution in [3.63, 3.8) is 0 Å². The van der Waals surface area contributed by atoms with Gasteiger partial charge in [-0.05, 0) is 0 Å². The fraction of sp³-hybridized carbons (Fsp3) is 0.400. The number of ether oxygens (including phenoxy) is 1. The Kier molecular flexibility index (Phi) is 1.41. The standard InChI is InChI=1S/C5H4O5/c6-2-1-3(7)10-4(2)5(8)9/h4H,1H2,(H,8,9). The summed E-state index contributed by atoms with van der Waals surface area (Å²) in [6.07, 6.45) is -1.98. The van der Waals surface area contributed by atoms with Crippen LogP contribution in [0.1, 0.15) is 6.42 Å². The first-order valence-electron chi connectivity index (χ1n) is 2.56. The van der Waals surface area contributed by atoms with Gasteiger partial charge >= 0.3 is 11.9 Å². The smallest absolute Gasteiger partial charge is 0.352 e. The number of esters is 1. The van der Waals surface area contributed by atoms with Crippen LogP contribution >= 0.6 is 0 Å². The number of rotatable bonds is 1. The molecule has 0 aromatic heterocycles. The van der Waals surface area contributed by atoms with Crippen molar-refractivity contribution in [1.82, 2.24) is 0 Å². The number of aliphatic carboxylic acids is 1. The molecule has 54 valence electrons. The molecule has 1 rings (SSSR count). The molecule has 0 aliphatic carbocycles. The minimum absolute atomic E-state index is 0.420. The van der Waals surface area contributed by atoms with E-state index in [1.54, 1.807) is 0 Å². The molecule has 1 fully saturated rings. The van der Waals surface area contributed by atoms with Gasteiger partial charge in [-0.1, -0.05) is 0 Å². The second kappa shape index (κ2) is 2.09. The fourth-order valence-electron chi connectivity index (χ4n) is 0.662.